The van der Waals surface area contributed by atoms with E-state index < -0.39 is 49.5 Å². The summed E-state index contributed by atoms with van der Waals surface area (Å²) in [5.74, 6) is -0.182. The van der Waals surface area contributed by atoms with E-state index in [0.717, 1.165) is 38.5 Å². The van der Waals surface area contributed by atoms with E-state index in [0.29, 0.717) is 6.42 Å². The molecule has 9 nitrogen and oxygen atoms in total. The van der Waals surface area contributed by atoms with E-state index in [4.69, 9.17) is 9.47 Å². The minimum Gasteiger partial charge on any atom is -0.394 e. The van der Waals surface area contributed by atoms with Crippen molar-refractivity contribution in [2.45, 2.75) is 307 Å². The van der Waals surface area contributed by atoms with Crippen LogP contribution in [0.25, 0.3) is 0 Å². The molecule has 9 heteroatoms. The van der Waals surface area contributed by atoms with E-state index >= 15 is 0 Å². The summed E-state index contributed by atoms with van der Waals surface area (Å²) in [6.07, 6.45) is 49.6. The number of carbonyl (C=O) groups is 1. The van der Waals surface area contributed by atoms with Crippen molar-refractivity contribution in [2.75, 3.05) is 13.2 Å². The Bertz CT molecular complexity index is 1060. The van der Waals surface area contributed by atoms with Crippen LogP contribution in [0.15, 0.2) is 24.3 Å². The fourth-order valence-electron chi connectivity index (χ4n) is 8.88. The van der Waals surface area contributed by atoms with Gasteiger partial charge in [-0.25, -0.2) is 0 Å². The molecule has 1 amide bonds. The molecule has 6 N–H and O–H groups in total. The third-order valence-electron chi connectivity index (χ3n) is 13.3. The van der Waals surface area contributed by atoms with Crippen LogP contribution in [-0.4, -0.2) is 87.5 Å². The predicted octanol–water partition coefficient (Wildman–Crippen LogP) is 13.0. The van der Waals surface area contributed by atoms with Crippen molar-refractivity contribution in [1.29, 1.82) is 0 Å². The molecule has 1 fully saturated rings. The van der Waals surface area contributed by atoms with Crippen molar-refractivity contribution in [1.82, 2.24) is 5.32 Å². The second-order valence-corrected chi connectivity index (χ2v) is 19.4. The fraction of sp³-hybridized carbons (Fsp3) is 0.909. The van der Waals surface area contributed by atoms with Gasteiger partial charge in [0.15, 0.2) is 6.29 Å². The van der Waals surface area contributed by atoms with Gasteiger partial charge in [-0.3, -0.25) is 4.79 Å². The second-order valence-electron chi connectivity index (χ2n) is 19.4. The lowest BCUT2D eigenvalue weighted by atomic mass is 9.99. The average Bonchev–Trinajstić information content (AvgIpc) is 3.29. The summed E-state index contributed by atoms with van der Waals surface area (Å²) in [5, 5.41) is 54.4. The maximum atomic E-state index is 13.0. The standard InChI is InChI=1S/C55H105NO8/c1-3-5-7-9-11-13-15-17-19-21-22-23-24-25-26-27-28-29-31-33-35-37-39-41-43-45-51(59)56-48(47-63-55-54(62)53(61)52(60)50(46-57)64-55)49(58)44-42-40-38-36-34-32-30-20-18-16-14-12-10-8-6-4-2/h34,36,42,44,48-50,52-55,57-58,60-62H,3-33,35,37-41,43,45-47H2,1-2H3,(H,56,59)/b36-34+,44-42+. The maximum absolute atomic E-state index is 13.0. The number of nitrogens with one attached hydrogen (secondary N) is 1. The highest BCUT2D eigenvalue weighted by Gasteiger charge is 2.44. The Hall–Kier alpha value is -1.33. The van der Waals surface area contributed by atoms with Crippen LogP contribution < -0.4 is 5.32 Å². The van der Waals surface area contributed by atoms with Crippen molar-refractivity contribution in [2.24, 2.45) is 0 Å². The first-order valence-corrected chi connectivity index (χ1v) is 27.6. The van der Waals surface area contributed by atoms with Gasteiger partial charge in [-0.2, -0.15) is 0 Å². The number of unbranched alkanes of at least 4 members (excludes halogenated alkanes) is 35. The topological polar surface area (TPSA) is 149 Å². The van der Waals surface area contributed by atoms with Gasteiger partial charge in [0.1, 0.15) is 24.4 Å². The Morgan fingerprint density at radius 2 is 0.891 bits per heavy atom. The molecule has 0 aromatic rings. The molecular formula is C55H105NO8. The SMILES string of the molecule is CCCCCCCCCCCC/C=C/CC/C=C/C(O)C(COC1OC(CO)C(O)C(O)C1O)NC(=O)CCCCCCCCCCCCCCCCCCCCCCCCCCC. The van der Waals surface area contributed by atoms with E-state index in [9.17, 15) is 30.3 Å². The number of hydrogen-bond acceptors (Lipinski definition) is 8. The Labute approximate surface area is 394 Å². The van der Waals surface area contributed by atoms with Gasteiger partial charge in [0.05, 0.1) is 25.4 Å². The van der Waals surface area contributed by atoms with E-state index in [1.807, 2.05) is 6.08 Å². The molecule has 378 valence electrons. The van der Waals surface area contributed by atoms with E-state index in [1.54, 1.807) is 6.08 Å². The molecule has 0 aliphatic carbocycles. The first-order valence-electron chi connectivity index (χ1n) is 27.6. The van der Waals surface area contributed by atoms with Crippen molar-refractivity contribution in [3.63, 3.8) is 0 Å². The second kappa shape index (κ2) is 45.5. The van der Waals surface area contributed by atoms with E-state index in [1.165, 1.54) is 205 Å². The van der Waals surface area contributed by atoms with Crippen LogP contribution in [0.2, 0.25) is 0 Å². The zero-order valence-corrected chi connectivity index (χ0v) is 41.8. The monoisotopic (exact) mass is 908 g/mol. The number of ether oxygens (including phenoxy) is 2. The number of carbonyl (C=O) groups excluding carboxylic acids is 1. The van der Waals surface area contributed by atoms with Crippen LogP contribution in [0.5, 0.6) is 0 Å². The molecule has 64 heavy (non-hydrogen) atoms. The Kier molecular flexibility index (Phi) is 43.1. The smallest absolute Gasteiger partial charge is 0.220 e. The summed E-state index contributed by atoms with van der Waals surface area (Å²) < 4.78 is 11.2. The van der Waals surface area contributed by atoms with Crippen LogP contribution in [0, 0.1) is 0 Å². The van der Waals surface area contributed by atoms with Gasteiger partial charge in [0, 0.05) is 6.42 Å². The molecule has 1 rings (SSSR count). The first-order chi connectivity index (χ1) is 31.3. The van der Waals surface area contributed by atoms with Gasteiger partial charge in [-0.15, -0.1) is 0 Å². The average molecular weight is 908 g/mol. The molecule has 1 aliphatic rings. The highest BCUT2D eigenvalue weighted by Crippen LogP contribution is 2.23. The van der Waals surface area contributed by atoms with Gasteiger partial charge < -0.3 is 40.3 Å². The van der Waals surface area contributed by atoms with Gasteiger partial charge in [0.2, 0.25) is 5.91 Å². The number of aliphatic hydroxyl groups excluding tert-OH is 5. The summed E-state index contributed by atoms with van der Waals surface area (Å²) in [5.41, 5.74) is 0. The zero-order chi connectivity index (χ0) is 46.6. The largest absolute Gasteiger partial charge is 0.394 e. The van der Waals surface area contributed by atoms with Gasteiger partial charge in [-0.1, -0.05) is 250 Å². The van der Waals surface area contributed by atoms with Crippen molar-refractivity contribution in [3.05, 3.63) is 24.3 Å². The molecule has 0 bridgehead atoms. The lowest BCUT2D eigenvalue weighted by Gasteiger charge is -2.40. The molecule has 0 spiro atoms. The van der Waals surface area contributed by atoms with Crippen LogP contribution in [0.1, 0.15) is 264 Å². The minimum absolute atomic E-state index is 0.182. The fourth-order valence-corrected chi connectivity index (χ4v) is 8.88. The first kappa shape index (κ1) is 60.7. The van der Waals surface area contributed by atoms with Crippen molar-refractivity contribution < 1.29 is 39.8 Å². The third kappa shape index (κ3) is 34.9. The number of aliphatic hydroxyl groups is 5. The van der Waals surface area contributed by atoms with E-state index in [-0.39, 0.29) is 12.5 Å². The molecular weight excluding hydrogens is 803 g/mol. The molecule has 1 aliphatic heterocycles. The number of allylic oxidation sites excluding steroid dienone is 3. The van der Waals surface area contributed by atoms with Crippen LogP contribution in [0.3, 0.4) is 0 Å². The summed E-state index contributed by atoms with van der Waals surface area (Å²) in [7, 11) is 0. The number of amides is 1. The lowest BCUT2D eigenvalue weighted by Crippen LogP contribution is -2.60. The molecule has 0 saturated carbocycles. The van der Waals surface area contributed by atoms with Crippen LogP contribution in [-0.2, 0) is 14.3 Å². The molecule has 7 atom stereocenters. The summed E-state index contributed by atoms with van der Waals surface area (Å²) >= 11 is 0. The highest BCUT2D eigenvalue weighted by atomic mass is 16.7. The Balaban J connectivity index is 2.23. The van der Waals surface area contributed by atoms with Crippen LogP contribution in [0.4, 0.5) is 0 Å². The summed E-state index contributed by atoms with van der Waals surface area (Å²) in [6, 6.07) is -0.817. The molecule has 1 saturated heterocycles. The number of hydrogen-bond donors (Lipinski definition) is 6. The van der Waals surface area contributed by atoms with Crippen molar-refractivity contribution >= 4 is 5.91 Å². The van der Waals surface area contributed by atoms with E-state index in [2.05, 4.69) is 31.3 Å². The Morgan fingerprint density at radius 3 is 1.31 bits per heavy atom. The van der Waals surface area contributed by atoms with Crippen molar-refractivity contribution in [3.8, 4) is 0 Å². The predicted molar refractivity (Wildman–Crippen MR) is 267 cm³/mol. The maximum Gasteiger partial charge on any atom is 0.220 e. The number of rotatable bonds is 47. The summed E-state index contributed by atoms with van der Waals surface area (Å²) in [4.78, 5) is 13.0. The minimum atomic E-state index is -1.57. The third-order valence-corrected chi connectivity index (χ3v) is 13.3. The molecule has 1 heterocycles. The molecule has 7 unspecified atom stereocenters. The van der Waals surface area contributed by atoms with Gasteiger partial charge in [0.25, 0.3) is 0 Å². The molecule has 0 aromatic carbocycles. The lowest BCUT2D eigenvalue weighted by molar-refractivity contribution is -0.302. The molecule has 0 aromatic heterocycles. The summed E-state index contributed by atoms with van der Waals surface area (Å²) in [6.45, 7) is 3.79. The molecule has 0 radical (unpaired) electrons. The Morgan fingerprint density at radius 1 is 0.516 bits per heavy atom. The zero-order valence-electron chi connectivity index (χ0n) is 41.8. The normalized spacial score (nSPS) is 20.1. The van der Waals surface area contributed by atoms with Crippen LogP contribution >= 0.6 is 0 Å². The van der Waals surface area contributed by atoms with Gasteiger partial charge >= 0.3 is 0 Å². The van der Waals surface area contributed by atoms with Gasteiger partial charge in [-0.05, 0) is 32.1 Å². The quantitative estimate of drug-likeness (QED) is 0.0261. The highest BCUT2D eigenvalue weighted by molar-refractivity contribution is 5.76.